The maximum atomic E-state index is 12.5. The molecule has 1 amide bonds. The summed E-state index contributed by atoms with van der Waals surface area (Å²) in [7, 11) is 0. The molecule has 61 heavy (non-hydrogen) atoms. The summed E-state index contributed by atoms with van der Waals surface area (Å²) in [4.78, 5) is 12.5. The van der Waals surface area contributed by atoms with Crippen LogP contribution in [0.25, 0.3) is 0 Å². The van der Waals surface area contributed by atoms with E-state index in [1.54, 1.807) is 0 Å². The molecule has 0 rings (SSSR count). The van der Waals surface area contributed by atoms with Gasteiger partial charge in [-0.1, -0.05) is 256 Å². The van der Waals surface area contributed by atoms with Gasteiger partial charge in [-0.05, 0) is 57.8 Å². The Labute approximate surface area is 379 Å². The van der Waals surface area contributed by atoms with Gasteiger partial charge < -0.3 is 25.7 Å². The van der Waals surface area contributed by atoms with E-state index < -0.39 is 36.9 Å². The predicted octanol–water partition coefficient (Wildman–Crippen LogP) is 15.2. The summed E-state index contributed by atoms with van der Waals surface area (Å²) in [5.74, 6) is -0.597. The van der Waals surface area contributed by atoms with E-state index >= 15 is 0 Å². The minimum atomic E-state index is -1.29. The quantitative estimate of drug-likeness (QED) is 0.0309. The number of aliphatic hydroxyl groups is 4. The molecule has 0 fully saturated rings. The van der Waals surface area contributed by atoms with Crippen LogP contribution in [0.4, 0.5) is 0 Å². The van der Waals surface area contributed by atoms with Gasteiger partial charge in [0.05, 0.1) is 18.8 Å². The van der Waals surface area contributed by atoms with Gasteiger partial charge >= 0.3 is 0 Å². The van der Waals surface area contributed by atoms with Gasteiger partial charge in [-0.15, -0.1) is 0 Å². The second-order valence-corrected chi connectivity index (χ2v) is 18.5. The Morgan fingerprint density at radius 2 is 0.721 bits per heavy atom. The van der Waals surface area contributed by atoms with Crippen molar-refractivity contribution in [1.29, 1.82) is 0 Å². The molecular formula is C55H105NO5. The van der Waals surface area contributed by atoms with E-state index in [-0.39, 0.29) is 0 Å². The zero-order valence-corrected chi connectivity index (χ0v) is 40.7. The van der Waals surface area contributed by atoms with Crippen molar-refractivity contribution < 1.29 is 25.2 Å². The first-order valence-corrected chi connectivity index (χ1v) is 26.9. The Kier molecular flexibility index (Phi) is 48.3. The smallest absolute Gasteiger partial charge is 0.249 e. The first-order valence-electron chi connectivity index (χ1n) is 26.9. The number of amides is 1. The Morgan fingerprint density at radius 3 is 1.05 bits per heavy atom. The van der Waals surface area contributed by atoms with Crippen molar-refractivity contribution in [3.63, 3.8) is 0 Å². The van der Waals surface area contributed by atoms with Crippen molar-refractivity contribution in [2.45, 2.75) is 301 Å². The largest absolute Gasteiger partial charge is 0.394 e. The van der Waals surface area contributed by atoms with Crippen molar-refractivity contribution in [3.8, 4) is 0 Å². The fraction of sp³-hybridized carbons (Fsp3) is 0.873. The molecule has 0 aliphatic heterocycles. The number of nitrogens with one attached hydrogen (secondary N) is 1. The molecule has 4 unspecified atom stereocenters. The lowest BCUT2D eigenvalue weighted by Crippen LogP contribution is -2.53. The Hall–Kier alpha value is -1.47. The van der Waals surface area contributed by atoms with Crippen LogP contribution in [0.2, 0.25) is 0 Å². The number of unbranched alkanes of at least 4 members (excludes halogenated alkanes) is 34. The van der Waals surface area contributed by atoms with Crippen molar-refractivity contribution in [1.82, 2.24) is 5.32 Å². The van der Waals surface area contributed by atoms with Crippen LogP contribution in [0.15, 0.2) is 36.5 Å². The lowest BCUT2D eigenvalue weighted by Gasteiger charge is -2.27. The molecule has 0 radical (unpaired) electrons. The highest BCUT2D eigenvalue weighted by Gasteiger charge is 2.28. The second kappa shape index (κ2) is 49.5. The van der Waals surface area contributed by atoms with E-state index in [4.69, 9.17) is 0 Å². The summed E-state index contributed by atoms with van der Waals surface area (Å²) in [5, 5.41) is 43.7. The first kappa shape index (κ1) is 59.5. The first-order chi connectivity index (χ1) is 30.0. The van der Waals surface area contributed by atoms with Gasteiger partial charge in [-0.2, -0.15) is 0 Å². The SMILES string of the molecule is CC/C=C/CC/C=C/CC/C=C/CCCC(O)C(O)C(CO)NC(=O)C(O)CCCCCCCCCCCCCCCCCCCCCCCCCCCCCCCCCC. The molecule has 5 N–H and O–H groups in total. The highest BCUT2D eigenvalue weighted by Crippen LogP contribution is 2.18. The van der Waals surface area contributed by atoms with Crippen molar-refractivity contribution in [2.75, 3.05) is 6.61 Å². The summed E-state index contributed by atoms with van der Waals surface area (Å²) < 4.78 is 0. The van der Waals surface area contributed by atoms with E-state index in [1.165, 1.54) is 186 Å². The molecule has 0 bridgehead atoms. The van der Waals surface area contributed by atoms with Crippen molar-refractivity contribution in [2.24, 2.45) is 0 Å². The van der Waals surface area contributed by atoms with Gasteiger partial charge in [0, 0.05) is 0 Å². The minimum absolute atomic E-state index is 0.362. The van der Waals surface area contributed by atoms with Crippen LogP contribution in [-0.2, 0) is 4.79 Å². The Balaban J connectivity index is 3.56. The van der Waals surface area contributed by atoms with Crippen LogP contribution in [0.1, 0.15) is 277 Å². The topological polar surface area (TPSA) is 110 Å². The predicted molar refractivity (Wildman–Crippen MR) is 265 cm³/mol. The zero-order valence-electron chi connectivity index (χ0n) is 40.7. The fourth-order valence-corrected chi connectivity index (χ4v) is 8.39. The number of hydrogen-bond donors (Lipinski definition) is 5. The summed E-state index contributed by atoms with van der Waals surface area (Å²) >= 11 is 0. The normalized spacial score (nSPS) is 14.1. The van der Waals surface area contributed by atoms with Gasteiger partial charge in [0.2, 0.25) is 5.91 Å². The van der Waals surface area contributed by atoms with Crippen LogP contribution in [0.5, 0.6) is 0 Å². The monoisotopic (exact) mass is 860 g/mol. The van der Waals surface area contributed by atoms with Crippen LogP contribution < -0.4 is 5.32 Å². The summed E-state index contributed by atoms with van der Waals surface area (Å²) in [6.07, 6.45) is 60.9. The standard InChI is InChI=1S/C55H105NO5/c1-3-5-7-9-11-13-15-17-18-19-20-21-22-23-24-25-26-27-28-29-30-31-32-33-34-35-37-39-41-43-45-47-49-53(59)55(61)56-51(50-57)54(60)52(58)48-46-44-42-40-38-36-16-14-12-10-8-6-4-2/h6,8,14,16,40,42,51-54,57-60H,3-5,7,9-13,15,17-39,41,43-50H2,1-2H3,(H,56,61)/b8-6+,16-14+,42-40+. The van der Waals surface area contributed by atoms with E-state index in [9.17, 15) is 25.2 Å². The molecule has 0 heterocycles. The average molecular weight is 860 g/mol. The maximum Gasteiger partial charge on any atom is 0.249 e. The minimum Gasteiger partial charge on any atom is -0.394 e. The molecule has 0 aromatic heterocycles. The molecular weight excluding hydrogens is 755 g/mol. The molecule has 0 aliphatic carbocycles. The molecule has 0 spiro atoms. The molecule has 0 saturated carbocycles. The molecule has 6 heteroatoms. The number of rotatable bonds is 49. The van der Waals surface area contributed by atoms with Gasteiger partial charge in [0.1, 0.15) is 12.2 Å². The second-order valence-electron chi connectivity index (χ2n) is 18.5. The molecule has 0 aromatic rings. The third-order valence-corrected chi connectivity index (χ3v) is 12.6. The molecule has 0 saturated heterocycles. The molecule has 360 valence electrons. The van der Waals surface area contributed by atoms with Gasteiger partial charge in [0.15, 0.2) is 0 Å². The van der Waals surface area contributed by atoms with Crippen molar-refractivity contribution in [3.05, 3.63) is 36.5 Å². The average Bonchev–Trinajstić information content (AvgIpc) is 3.26. The highest BCUT2D eigenvalue weighted by molar-refractivity contribution is 5.80. The lowest BCUT2D eigenvalue weighted by molar-refractivity contribution is -0.132. The number of hydrogen-bond acceptors (Lipinski definition) is 5. The van der Waals surface area contributed by atoms with Crippen LogP contribution >= 0.6 is 0 Å². The molecule has 0 aromatic carbocycles. The van der Waals surface area contributed by atoms with Crippen molar-refractivity contribution >= 4 is 5.91 Å². The lowest BCUT2D eigenvalue weighted by atomic mass is 10.00. The van der Waals surface area contributed by atoms with Crippen LogP contribution in [0.3, 0.4) is 0 Å². The highest BCUT2D eigenvalue weighted by atomic mass is 16.3. The van der Waals surface area contributed by atoms with E-state index in [0.717, 1.165) is 57.8 Å². The van der Waals surface area contributed by atoms with E-state index in [0.29, 0.717) is 19.3 Å². The fourth-order valence-electron chi connectivity index (χ4n) is 8.39. The summed E-state index contributed by atoms with van der Waals surface area (Å²) in [6, 6.07) is -1.01. The van der Waals surface area contributed by atoms with E-state index in [2.05, 4.69) is 55.6 Å². The van der Waals surface area contributed by atoms with Gasteiger partial charge in [-0.25, -0.2) is 0 Å². The number of carbonyl (C=O) groups is 1. The molecule has 6 nitrogen and oxygen atoms in total. The zero-order chi connectivity index (χ0) is 44.5. The van der Waals surface area contributed by atoms with Crippen LogP contribution in [0, 0.1) is 0 Å². The third-order valence-electron chi connectivity index (χ3n) is 12.6. The van der Waals surface area contributed by atoms with Gasteiger partial charge in [0.25, 0.3) is 0 Å². The maximum absolute atomic E-state index is 12.5. The number of aliphatic hydroxyl groups excluding tert-OH is 4. The summed E-state index contributed by atoms with van der Waals surface area (Å²) in [6.45, 7) is 3.94. The Bertz CT molecular complexity index is 966. The number of carbonyl (C=O) groups excluding carboxylic acids is 1. The molecule has 0 aliphatic rings. The summed E-state index contributed by atoms with van der Waals surface area (Å²) in [5.41, 5.74) is 0. The molecule has 4 atom stereocenters. The van der Waals surface area contributed by atoms with E-state index in [1.807, 2.05) is 0 Å². The third kappa shape index (κ3) is 43.6. The van der Waals surface area contributed by atoms with Gasteiger partial charge in [-0.3, -0.25) is 4.79 Å². The number of allylic oxidation sites excluding steroid dienone is 6. The van der Waals surface area contributed by atoms with Crippen LogP contribution in [-0.4, -0.2) is 57.3 Å². The Morgan fingerprint density at radius 1 is 0.410 bits per heavy atom.